The Kier molecular flexibility index (Phi) is 19.3. The van der Waals surface area contributed by atoms with Crippen molar-refractivity contribution in [3.63, 3.8) is 0 Å². The molecule has 2 aromatic heterocycles. The van der Waals surface area contributed by atoms with Gasteiger partial charge < -0.3 is 39.2 Å². The van der Waals surface area contributed by atoms with E-state index in [-0.39, 0.29) is 12.0 Å². The Labute approximate surface area is 511 Å². The van der Waals surface area contributed by atoms with Gasteiger partial charge in [0.1, 0.15) is 29.3 Å². The van der Waals surface area contributed by atoms with E-state index >= 15 is 8.78 Å². The van der Waals surface area contributed by atoms with Crippen LogP contribution in [-0.4, -0.2) is 188 Å². The second kappa shape index (κ2) is 26.3. The Bertz CT molecular complexity index is 3120. The number of Topliss-reactive ketones (excluding diaryl/α,β-unsaturated/α-hetero) is 1. The lowest BCUT2D eigenvalue weighted by Crippen LogP contribution is -2.62. The Morgan fingerprint density at radius 2 is 1.12 bits per heavy atom. The number of rotatable bonds is 23. The second-order valence-electron chi connectivity index (χ2n) is 25.7. The number of ketones is 1. The fraction of sp³-hybridized carbons (Fsp3) is 0.587. The number of aliphatic hydroxyl groups excluding tert-OH is 1. The van der Waals surface area contributed by atoms with E-state index in [1.807, 2.05) is 17.4 Å². The number of hydrogen-bond acceptors (Lipinski definition) is 16. The molecule has 89 heavy (non-hydrogen) atoms. The number of esters is 1. The largest absolute Gasteiger partial charge is 0.469 e. The number of anilines is 2. The number of aliphatic hydroxyl groups is 1. The summed E-state index contributed by atoms with van der Waals surface area (Å²) in [5.74, 6) is -8.44. The summed E-state index contributed by atoms with van der Waals surface area (Å²) in [5, 5.41) is 15.1. The van der Waals surface area contributed by atoms with Gasteiger partial charge >= 0.3 is 24.4 Å². The molecule has 8 heterocycles. The van der Waals surface area contributed by atoms with Crippen LogP contribution in [0.25, 0.3) is 22.3 Å². The lowest BCUT2D eigenvalue weighted by atomic mass is 9.75. The van der Waals surface area contributed by atoms with Crippen LogP contribution in [0.1, 0.15) is 77.3 Å². The summed E-state index contributed by atoms with van der Waals surface area (Å²) in [5.41, 5.74) is -2.07. The third-order valence-electron chi connectivity index (χ3n) is 19.3. The average molecular weight is 1260 g/mol. The second-order valence-corrected chi connectivity index (χ2v) is 25.7. The third-order valence-corrected chi connectivity index (χ3v) is 19.3. The Hall–Kier alpha value is -6.58. The number of carbonyl (C=O) groups is 4. The molecule has 4 aromatic rings. The van der Waals surface area contributed by atoms with Crippen molar-refractivity contribution in [2.45, 2.75) is 140 Å². The molecule has 8 atom stereocenters. The Morgan fingerprint density at radius 3 is 1.54 bits per heavy atom. The molecule has 484 valence electrons. The molecule has 6 fully saturated rings. The van der Waals surface area contributed by atoms with Crippen molar-refractivity contribution in [2.24, 2.45) is 22.7 Å². The minimum Gasteiger partial charge on any atom is -0.469 e. The summed E-state index contributed by atoms with van der Waals surface area (Å²) >= 11 is 0. The number of alkyl halides is 6. The summed E-state index contributed by atoms with van der Waals surface area (Å²) in [6, 6.07) is 16.1. The number of hydrazine groups is 1. The first-order valence-electron chi connectivity index (χ1n) is 30.1. The number of hydrogen-bond donors (Lipinski definition) is 3. The highest BCUT2D eigenvalue weighted by Gasteiger charge is 2.57. The molecule has 6 saturated heterocycles. The normalized spacial score (nSPS) is 22.5. The standard InChI is InChI=1S/C63H77F8N9O9/c1-60(2,62(66,67)68)49(23-56(83)86-5)58(84)75-78(30-48-50(64)20-40(21-51(48)65)39-12-18-55(73-25-39)77-28-44-15-16-45(29-77)80(44)47-34-89-35-47)31-53(82)41(22-52(81)57(74-59(85)87-6)61(3,4)63(69,70)71)19-36-7-9-37(10-8-36)38-11-17-54(72-24-38)76-26-42-13-14-43(27-76)79(42)46-32-88-33-46/h7-12,17-18,20-21,24-25,41-47,49,53,57,82H,13-16,19,22-23,26-35H2,1-6H3,(H,74,85)(H,75,84)/t41-,42?,43?,44?,45?,49-,53+,57-/m1/s1. The van der Waals surface area contributed by atoms with Gasteiger partial charge in [0.05, 0.1) is 82.0 Å². The summed E-state index contributed by atoms with van der Waals surface area (Å²) in [7, 11) is 1.79. The quantitative estimate of drug-likeness (QED) is 0.0365. The number of pyridine rings is 2. The molecule has 26 heteroatoms. The summed E-state index contributed by atoms with van der Waals surface area (Å²) in [4.78, 5) is 73.1. The first-order valence-corrected chi connectivity index (χ1v) is 30.1. The number of piperazine rings is 2. The van der Waals surface area contributed by atoms with E-state index in [0.29, 0.717) is 99.7 Å². The van der Waals surface area contributed by atoms with Gasteiger partial charge in [-0.1, -0.05) is 38.1 Å². The van der Waals surface area contributed by atoms with Crippen molar-refractivity contribution in [1.82, 2.24) is 35.5 Å². The van der Waals surface area contributed by atoms with Gasteiger partial charge in [-0.15, -0.1) is 0 Å². The maximum Gasteiger partial charge on any atom is 0.407 e. The first kappa shape index (κ1) is 65.4. The number of benzene rings is 2. The number of halogens is 8. The van der Waals surface area contributed by atoms with Crippen LogP contribution in [0.2, 0.25) is 0 Å². The van der Waals surface area contributed by atoms with E-state index in [4.69, 9.17) is 14.5 Å². The summed E-state index contributed by atoms with van der Waals surface area (Å²) < 4.78 is 142. The van der Waals surface area contributed by atoms with Crippen molar-refractivity contribution >= 4 is 35.4 Å². The van der Waals surface area contributed by atoms with Crippen LogP contribution in [0.15, 0.2) is 73.1 Å². The number of amides is 2. The van der Waals surface area contributed by atoms with Crippen molar-refractivity contribution < 1.29 is 78.4 Å². The highest BCUT2D eigenvalue weighted by Crippen LogP contribution is 2.46. The fourth-order valence-electron chi connectivity index (χ4n) is 13.6. The molecule has 0 saturated carbocycles. The van der Waals surface area contributed by atoms with Gasteiger partial charge in [0.25, 0.3) is 0 Å². The van der Waals surface area contributed by atoms with Gasteiger partial charge in [0, 0.05) is 98.9 Å². The number of carbonyl (C=O) groups excluding carboxylic acids is 4. The maximum atomic E-state index is 16.7. The molecular weight excluding hydrogens is 1180 g/mol. The zero-order chi connectivity index (χ0) is 63.9. The van der Waals surface area contributed by atoms with E-state index in [1.165, 1.54) is 6.20 Å². The van der Waals surface area contributed by atoms with E-state index in [2.05, 4.69) is 39.5 Å². The Balaban J connectivity index is 0.924. The molecule has 10 rings (SSSR count). The van der Waals surface area contributed by atoms with E-state index in [9.17, 15) is 50.6 Å². The molecule has 6 aliphatic heterocycles. The van der Waals surface area contributed by atoms with Crippen LogP contribution in [0, 0.1) is 34.3 Å². The molecular formula is C63H77F8N9O9. The topological polar surface area (TPSA) is 191 Å². The van der Waals surface area contributed by atoms with Crippen LogP contribution in [0.4, 0.5) is 51.6 Å². The minimum atomic E-state index is -5.12. The van der Waals surface area contributed by atoms with Crippen LogP contribution < -0.4 is 20.5 Å². The highest BCUT2D eigenvalue weighted by molar-refractivity contribution is 5.88. The van der Waals surface area contributed by atoms with Crippen molar-refractivity contribution in [2.75, 3.05) is 83.2 Å². The average Bonchev–Trinajstić information content (AvgIpc) is 2.05. The third kappa shape index (κ3) is 14.0. The number of ether oxygens (including phenoxy) is 4. The molecule has 3 N–H and O–H groups in total. The fourth-order valence-corrected chi connectivity index (χ4v) is 13.6. The molecule has 4 unspecified atom stereocenters. The monoisotopic (exact) mass is 1260 g/mol. The molecule has 2 amide bonds. The summed E-state index contributed by atoms with van der Waals surface area (Å²) in [6.07, 6.45) is -8.33. The van der Waals surface area contributed by atoms with Gasteiger partial charge in [-0.3, -0.25) is 29.6 Å². The van der Waals surface area contributed by atoms with Gasteiger partial charge in [-0.2, -0.15) is 26.3 Å². The van der Waals surface area contributed by atoms with Crippen molar-refractivity contribution in [3.8, 4) is 22.3 Å². The van der Waals surface area contributed by atoms with E-state index in [0.717, 1.165) is 108 Å². The predicted octanol–water partition coefficient (Wildman–Crippen LogP) is 8.29. The van der Waals surface area contributed by atoms with Gasteiger partial charge in [0.2, 0.25) is 5.91 Å². The SMILES string of the molecule is COC(=O)C[C@H](C(=O)NN(Cc1c(F)cc(-c2ccc(N3CC4CCC(C3)N4C3COC3)nc2)cc1F)C[C@H](O)[C@@H](CC(=O)[C@@H](NC(=O)OC)C(C)(C)C(F)(F)F)Cc1ccc(-c2ccc(N3CC4CCC(C3)N4C3COC3)nc2)cc1)C(C)(C)C(F)(F)F. The zero-order valence-corrected chi connectivity index (χ0v) is 50.6. The lowest BCUT2D eigenvalue weighted by Gasteiger charge is -2.48. The smallest absolute Gasteiger partial charge is 0.407 e. The van der Waals surface area contributed by atoms with E-state index in [1.54, 1.807) is 42.6 Å². The number of methoxy groups -OCH3 is 2. The van der Waals surface area contributed by atoms with E-state index < -0.39 is 114 Å². The maximum absolute atomic E-state index is 16.7. The van der Waals surface area contributed by atoms with Crippen LogP contribution >= 0.6 is 0 Å². The van der Waals surface area contributed by atoms with Gasteiger partial charge in [-0.25, -0.2) is 28.6 Å². The van der Waals surface area contributed by atoms with Gasteiger partial charge in [0.15, 0.2) is 5.78 Å². The predicted molar refractivity (Wildman–Crippen MR) is 311 cm³/mol. The number of nitrogens with one attached hydrogen (secondary N) is 2. The number of alkyl carbamates (subject to hydrolysis) is 1. The highest BCUT2D eigenvalue weighted by atomic mass is 19.4. The van der Waals surface area contributed by atoms with Crippen molar-refractivity contribution in [3.05, 3.63) is 95.8 Å². The number of aromatic nitrogens is 2. The van der Waals surface area contributed by atoms with Crippen LogP contribution in [-0.2, 0) is 46.3 Å². The lowest BCUT2D eigenvalue weighted by molar-refractivity contribution is -0.231. The minimum absolute atomic E-state index is 0.0594. The molecule has 0 radical (unpaired) electrons. The molecule has 0 spiro atoms. The molecule has 0 aliphatic carbocycles. The number of fused-ring (bicyclic) bond motifs is 4. The van der Waals surface area contributed by atoms with Crippen molar-refractivity contribution in [1.29, 1.82) is 0 Å². The van der Waals surface area contributed by atoms with Crippen LogP contribution in [0.3, 0.4) is 0 Å². The molecule has 6 aliphatic rings. The Morgan fingerprint density at radius 1 is 0.652 bits per heavy atom. The molecule has 2 aromatic carbocycles. The first-order chi connectivity index (χ1) is 42.1. The molecule has 18 nitrogen and oxygen atoms in total. The summed E-state index contributed by atoms with van der Waals surface area (Å²) in [6.45, 7) is 6.88. The number of nitrogens with zero attached hydrogens (tertiary/aromatic N) is 7. The zero-order valence-electron chi connectivity index (χ0n) is 50.6. The van der Waals surface area contributed by atoms with Gasteiger partial charge in [-0.05, 0) is 105 Å². The van der Waals surface area contributed by atoms with Crippen LogP contribution in [0.5, 0.6) is 0 Å². The molecule has 4 bridgehead atoms.